The van der Waals surface area contributed by atoms with Crippen molar-refractivity contribution in [1.29, 1.82) is 0 Å². The zero-order valence-corrected chi connectivity index (χ0v) is 12.4. The van der Waals surface area contributed by atoms with Gasteiger partial charge >= 0.3 is 0 Å². The van der Waals surface area contributed by atoms with Crippen LogP contribution in [0.1, 0.15) is 15.9 Å². The maximum Gasteiger partial charge on any atom is 0.255 e. The third-order valence-electron chi connectivity index (χ3n) is 3.56. The standard InChI is InChI=1S/C20H17NO/c1-15-7-9-16(10-8-15)17-11-13-18(14-12-17)20(22)21-19-5-3-2-4-6-19/h2-14H,1H3,(H,21,22). The van der Waals surface area contributed by atoms with Crippen LogP contribution in [-0.2, 0) is 0 Å². The van der Waals surface area contributed by atoms with Crippen LogP contribution in [-0.4, -0.2) is 5.91 Å². The van der Waals surface area contributed by atoms with Crippen molar-refractivity contribution in [2.24, 2.45) is 0 Å². The average Bonchev–Trinajstić information content (AvgIpc) is 2.57. The fraction of sp³-hybridized carbons (Fsp3) is 0.0500. The number of hydrogen-bond donors (Lipinski definition) is 1. The largest absolute Gasteiger partial charge is 0.322 e. The first-order valence-corrected chi connectivity index (χ1v) is 7.26. The summed E-state index contributed by atoms with van der Waals surface area (Å²) in [6.07, 6.45) is 0. The molecule has 0 saturated heterocycles. The monoisotopic (exact) mass is 287 g/mol. The van der Waals surface area contributed by atoms with Crippen molar-refractivity contribution in [2.75, 3.05) is 5.32 Å². The van der Waals surface area contributed by atoms with Gasteiger partial charge in [0.15, 0.2) is 0 Å². The van der Waals surface area contributed by atoms with E-state index in [1.165, 1.54) is 5.56 Å². The highest BCUT2D eigenvalue weighted by Gasteiger charge is 2.06. The van der Waals surface area contributed by atoms with Crippen LogP contribution >= 0.6 is 0 Å². The van der Waals surface area contributed by atoms with Gasteiger partial charge in [0, 0.05) is 11.3 Å². The summed E-state index contributed by atoms with van der Waals surface area (Å²) in [7, 11) is 0. The van der Waals surface area contributed by atoms with Crippen LogP contribution in [0.2, 0.25) is 0 Å². The lowest BCUT2D eigenvalue weighted by Crippen LogP contribution is -2.11. The molecule has 1 N–H and O–H groups in total. The summed E-state index contributed by atoms with van der Waals surface area (Å²) in [5, 5.41) is 2.89. The van der Waals surface area contributed by atoms with Crippen LogP contribution in [0.25, 0.3) is 11.1 Å². The topological polar surface area (TPSA) is 29.1 Å². The van der Waals surface area contributed by atoms with Gasteiger partial charge < -0.3 is 5.32 Å². The molecule has 0 fully saturated rings. The molecule has 3 rings (SSSR count). The Balaban J connectivity index is 1.76. The molecule has 22 heavy (non-hydrogen) atoms. The van der Waals surface area contributed by atoms with E-state index in [1.54, 1.807) is 0 Å². The minimum absolute atomic E-state index is 0.0957. The van der Waals surface area contributed by atoms with Gasteiger partial charge in [-0.15, -0.1) is 0 Å². The Labute approximate surface area is 130 Å². The first-order valence-electron chi connectivity index (χ1n) is 7.26. The lowest BCUT2D eigenvalue weighted by atomic mass is 10.0. The number of hydrogen-bond acceptors (Lipinski definition) is 1. The Kier molecular flexibility index (Phi) is 4.01. The molecule has 0 saturated carbocycles. The molecular weight excluding hydrogens is 270 g/mol. The number of rotatable bonds is 3. The third-order valence-corrected chi connectivity index (χ3v) is 3.56. The van der Waals surface area contributed by atoms with Crippen LogP contribution in [0.4, 0.5) is 5.69 Å². The van der Waals surface area contributed by atoms with Gasteiger partial charge in [0.1, 0.15) is 0 Å². The van der Waals surface area contributed by atoms with E-state index in [1.807, 2.05) is 54.6 Å². The molecule has 2 heteroatoms. The van der Waals surface area contributed by atoms with Gasteiger partial charge in [-0.1, -0.05) is 60.2 Å². The number of anilines is 1. The van der Waals surface area contributed by atoms with Crippen LogP contribution in [0.15, 0.2) is 78.9 Å². The number of aryl methyl sites for hydroxylation is 1. The number of amides is 1. The molecule has 0 unspecified atom stereocenters. The quantitative estimate of drug-likeness (QED) is 0.728. The van der Waals surface area contributed by atoms with E-state index in [9.17, 15) is 4.79 Å². The van der Waals surface area contributed by atoms with Crippen LogP contribution in [0.5, 0.6) is 0 Å². The highest BCUT2D eigenvalue weighted by atomic mass is 16.1. The third kappa shape index (κ3) is 3.23. The molecule has 3 aromatic rings. The van der Waals surface area contributed by atoms with E-state index in [-0.39, 0.29) is 5.91 Å². The molecule has 0 aliphatic rings. The second-order valence-electron chi connectivity index (χ2n) is 5.26. The molecule has 0 heterocycles. The number of carbonyl (C=O) groups excluding carboxylic acids is 1. The second kappa shape index (κ2) is 6.27. The number of benzene rings is 3. The molecule has 0 bridgehead atoms. The molecular formula is C20H17NO. The minimum atomic E-state index is -0.0957. The molecule has 3 aromatic carbocycles. The molecule has 1 amide bonds. The van der Waals surface area contributed by atoms with Crippen molar-refractivity contribution in [1.82, 2.24) is 0 Å². The predicted molar refractivity (Wildman–Crippen MR) is 91.0 cm³/mol. The van der Waals surface area contributed by atoms with Crippen molar-refractivity contribution in [3.05, 3.63) is 90.0 Å². The van der Waals surface area contributed by atoms with Crippen molar-refractivity contribution in [2.45, 2.75) is 6.92 Å². The Morgan fingerprint density at radius 2 is 1.27 bits per heavy atom. The van der Waals surface area contributed by atoms with E-state index in [4.69, 9.17) is 0 Å². The Hall–Kier alpha value is -2.87. The molecule has 0 aliphatic carbocycles. The molecule has 0 atom stereocenters. The van der Waals surface area contributed by atoms with E-state index >= 15 is 0 Å². The van der Waals surface area contributed by atoms with E-state index in [0.717, 1.165) is 16.8 Å². The van der Waals surface area contributed by atoms with E-state index in [2.05, 4.69) is 36.5 Å². The van der Waals surface area contributed by atoms with E-state index < -0.39 is 0 Å². The van der Waals surface area contributed by atoms with Gasteiger partial charge in [0.25, 0.3) is 5.91 Å². The zero-order chi connectivity index (χ0) is 15.4. The molecule has 2 nitrogen and oxygen atoms in total. The zero-order valence-electron chi connectivity index (χ0n) is 12.4. The summed E-state index contributed by atoms with van der Waals surface area (Å²) in [4.78, 5) is 12.2. The van der Waals surface area contributed by atoms with Crippen LogP contribution in [0.3, 0.4) is 0 Å². The fourth-order valence-electron chi connectivity index (χ4n) is 2.28. The van der Waals surface area contributed by atoms with Crippen LogP contribution in [0, 0.1) is 6.92 Å². The summed E-state index contributed by atoms with van der Waals surface area (Å²) in [5.74, 6) is -0.0957. The van der Waals surface area contributed by atoms with Gasteiger partial charge in [-0.05, 0) is 42.3 Å². The summed E-state index contributed by atoms with van der Waals surface area (Å²) in [5.41, 5.74) is 4.95. The fourth-order valence-corrected chi connectivity index (χ4v) is 2.28. The highest BCUT2D eigenvalue weighted by molar-refractivity contribution is 6.04. The molecule has 108 valence electrons. The Morgan fingerprint density at radius 1 is 0.727 bits per heavy atom. The number of para-hydroxylation sites is 1. The molecule has 0 aromatic heterocycles. The van der Waals surface area contributed by atoms with Gasteiger partial charge in [-0.3, -0.25) is 4.79 Å². The van der Waals surface area contributed by atoms with E-state index in [0.29, 0.717) is 5.56 Å². The average molecular weight is 287 g/mol. The van der Waals surface area contributed by atoms with Crippen molar-refractivity contribution < 1.29 is 4.79 Å². The number of nitrogens with one attached hydrogen (secondary N) is 1. The first-order chi connectivity index (χ1) is 10.7. The summed E-state index contributed by atoms with van der Waals surface area (Å²) >= 11 is 0. The minimum Gasteiger partial charge on any atom is -0.322 e. The Bertz CT molecular complexity index is 759. The Morgan fingerprint density at radius 3 is 1.86 bits per heavy atom. The smallest absolute Gasteiger partial charge is 0.255 e. The molecule has 0 radical (unpaired) electrons. The van der Waals surface area contributed by atoms with Crippen molar-refractivity contribution in [3.63, 3.8) is 0 Å². The SMILES string of the molecule is Cc1ccc(-c2ccc(C(=O)Nc3ccccc3)cc2)cc1. The highest BCUT2D eigenvalue weighted by Crippen LogP contribution is 2.20. The lowest BCUT2D eigenvalue weighted by molar-refractivity contribution is 0.102. The lowest BCUT2D eigenvalue weighted by Gasteiger charge is -2.07. The van der Waals surface area contributed by atoms with Gasteiger partial charge in [0.2, 0.25) is 0 Å². The predicted octanol–water partition coefficient (Wildman–Crippen LogP) is 4.91. The van der Waals surface area contributed by atoms with Gasteiger partial charge in [-0.25, -0.2) is 0 Å². The molecule has 0 spiro atoms. The maximum absolute atomic E-state index is 12.2. The summed E-state index contributed by atoms with van der Waals surface area (Å²) in [6.45, 7) is 2.07. The second-order valence-corrected chi connectivity index (χ2v) is 5.26. The van der Waals surface area contributed by atoms with Crippen LogP contribution < -0.4 is 5.32 Å². The number of carbonyl (C=O) groups is 1. The summed E-state index contributed by atoms with van der Waals surface area (Å²) < 4.78 is 0. The van der Waals surface area contributed by atoms with Crippen molar-refractivity contribution >= 4 is 11.6 Å². The normalized spacial score (nSPS) is 10.2. The summed E-state index contributed by atoms with van der Waals surface area (Å²) in [6, 6.07) is 25.5. The molecule has 0 aliphatic heterocycles. The van der Waals surface area contributed by atoms with Gasteiger partial charge in [-0.2, -0.15) is 0 Å². The maximum atomic E-state index is 12.2. The van der Waals surface area contributed by atoms with Gasteiger partial charge in [0.05, 0.1) is 0 Å². The first kappa shape index (κ1) is 14.1. The van der Waals surface area contributed by atoms with Crippen molar-refractivity contribution in [3.8, 4) is 11.1 Å².